The number of carbonyl (C=O) groups is 1. The average Bonchev–Trinajstić information content (AvgIpc) is 2.16. The van der Waals surface area contributed by atoms with Crippen LogP contribution in [0.1, 0.15) is 39.0 Å². The van der Waals surface area contributed by atoms with E-state index in [9.17, 15) is 13.2 Å². The van der Waals surface area contributed by atoms with Gasteiger partial charge in [0.1, 0.15) is 5.25 Å². The average molecular weight is 233 g/mol. The summed E-state index contributed by atoms with van der Waals surface area (Å²) >= 11 is 0. The molecule has 4 nitrogen and oxygen atoms in total. The predicted octanol–water partition coefficient (Wildman–Crippen LogP) is 0.868. The van der Waals surface area contributed by atoms with Gasteiger partial charge in [-0.05, 0) is 19.8 Å². The molecule has 0 bridgehead atoms. The van der Waals surface area contributed by atoms with E-state index in [0.29, 0.717) is 0 Å². The molecule has 0 radical (unpaired) electrons. The Labute approximate surface area is 91.4 Å². The smallest absolute Gasteiger partial charge is 0.238 e. The molecule has 1 unspecified atom stereocenters. The Morgan fingerprint density at radius 1 is 1.27 bits per heavy atom. The predicted molar refractivity (Wildman–Crippen MR) is 59.3 cm³/mol. The standard InChI is InChI=1S/C10H19NO3S/c1-8(15(2,13)14)10(12)11-9-6-4-3-5-7-9/h8-9H,3-7H2,1-2H3,(H,11,12). The van der Waals surface area contributed by atoms with Gasteiger partial charge >= 0.3 is 0 Å². The first-order valence-electron chi connectivity index (χ1n) is 5.40. The van der Waals surface area contributed by atoms with Gasteiger partial charge in [0, 0.05) is 12.3 Å². The van der Waals surface area contributed by atoms with E-state index >= 15 is 0 Å². The molecule has 1 amide bonds. The number of nitrogens with one attached hydrogen (secondary N) is 1. The fraction of sp³-hybridized carbons (Fsp3) is 0.900. The summed E-state index contributed by atoms with van der Waals surface area (Å²) in [7, 11) is -3.26. The minimum absolute atomic E-state index is 0.176. The number of hydrogen-bond donors (Lipinski definition) is 1. The van der Waals surface area contributed by atoms with Gasteiger partial charge in [-0.25, -0.2) is 8.42 Å². The van der Waals surface area contributed by atoms with Crippen LogP contribution >= 0.6 is 0 Å². The molecule has 15 heavy (non-hydrogen) atoms. The molecule has 1 atom stereocenters. The molecular formula is C10H19NO3S. The van der Waals surface area contributed by atoms with Crippen molar-refractivity contribution in [2.24, 2.45) is 0 Å². The second-order valence-electron chi connectivity index (χ2n) is 4.32. The second kappa shape index (κ2) is 4.96. The van der Waals surface area contributed by atoms with Crippen molar-refractivity contribution in [3.8, 4) is 0 Å². The quantitative estimate of drug-likeness (QED) is 0.786. The van der Waals surface area contributed by atoms with E-state index < -0.39 is 15.1 Å². The number of rotatable bonds is 3. The summed E-state index contributed by atoms with van der Waals surface area (Å²) in [4.78, 5) is 11.6. The lowest BCUT2D eigenvalue weighted by Gasteiger charge is -2.24. The molecular weight excluding hydrogens is 214 g/mol. The Morgan fingerprint density at radius 2 is 1.80 bits per heavy atom. The van der Waals surface area contributed by atoms with Crippen LogP contribution in [0.3, 0.4) is 0 Å². The van der Waals surface area contributed by atoms with Crippen molar-refractivity contribution in [3.05, 3.63) is 0 Å². The van der Waals surface area contributed by atoms with E-state index in [1.165, 1.54) is 13.3 Å². The van der Waals surface area contributed by atoms with Crippen LogP contribution in [0, 0.1) is 0 Å². The minimum Gasteiger partial charge on any atom is -0.352 e. The highest BCUT2D eigenvalue weighted by atomic mass is 32.2. The molecule has 0 aromatic heterocycles. The van der Waals surface area contributed by atoms with Crippen LogP contribution in [0.5, 0.6) is 0 Å². The molecule has 1 aliphatic rings. The highest BCUT2D eigenvalue weighted by Crippen LogP contribution is 2.17. The van der Waals surface area contributed by atoms with Gasteiger partial charge in [-0.15, -0.1) is 0 Å². The van der Waals surface area contributed by atoms with Crippen LogP contribution in [0.25, 0.3) is 0 Å². The SMILES string of the molecule is CC(C(=O)NC1CCCCC1)S(C)(=O)=O. The van der Waals surface area contributed by atoms with Crippen molar-refractivity contribution < 1.29 is 13.2 Å². The third-order valence-corrected chi connectivity index (χ3v) is 4.46. The van der Waals surface area contributed by atoms with Gasteiger partial charge in [0.15, 0.2) is 9.84 Å². The third-order valence-electron chi connectivity index (χ3n) is 2.96. The third kappa shape index (κ3) is 3.81. The van der Waals surface area contributed by atoms with E-state index in [4.69, 9.17) is 0 Å². The summed E-state index contributed by atoms with van der Waals surface area (Å²) in [6.07, 6.45) is 6.51. The van der Waals surface area contributed by atoms with Gasteiger partial charge < -0.3 is 5.32 Å². The number of carbonyl (C=O) groups excluding carboxylic acids is 1. The highest BCUT2D eigenvalue weighted by Gasteiger charge is 2.25. The number of hydrogen-bond acceptors (Lipinski definition) is 3. The van der Waals surface area contributed by atoms with Crippen LogP contribution in [-0.4, -0.2) is 31.9 Å². The fourth-order valence-electron chi connectivity index (χ4n) is 1.76. The van der Waals surface area contributed by atoms with Crippen molar-refractivity contribution >= 4 is 15.7 Å². The lowest BCUT2D eigenvalue weighted by molar-refractivity contribution is -0.121. The van der Waals surface area contributed by atoms with Gasteiger partial charge in [0.25, 0.3) is 0 Å². The molecule has 88 valence electrons. The molecule has 1 aliphatic carbocycles. The van der Waals surface area contributed by atoms with Gasteiger partial charge in [-0.3, -0.25) is 4.79 Å². The van der Waals surface area contributed by atoms with Crippen molar-refractivity contribution in [2.75, 3.05) is 6.26 Å². The fourth-order valence-corrected chi connectivity index (χ4v) is 2.22. The molecule has 0 saturated heterocycles. The molecule has 0 aliphatic heterocycles. The summed E-state index contributed by atoms with van der Waals surface area (Å²) in [6.45, 7) is 1.44. The Hall–Kier alpha value is -0.580. The first kappa shape index (κ1) is 12.5. The molecule has 1 saturated carbocycles. The number of amides is 1. The molecule has 0 aromatic rings. The van der Waals surface area contributed by atoms with E-state index in [0.717, 1.165) is 31.9 Å². The van der Waals surface area contributed by atoms with E-state index in [1.54, 1.807) is 0 Å². The van der Waals surface area contributed by atoms with E-state index in [1.807, 2.05) is 0 Å². The second-order valence-corrected chi connectivity index (χ2v) is 6.68. The van der Waals surface area contributed by atoms with E-state index in [-0.39, 0.29) is 11.9 Å². The Morgan fingerprint density at radius 3 is 2.27 bits per heavy atom. The lowest BCUT2D eigenvalue weighted by atomic mass is 9.95. The van der Waals surface area contributed by atoms with Gasteiger partial charge in [-0.1, -0.05) is 19.3 Å². The molecule has 1 rings (SSSR count). The first-order chi connectivity index (χ1) is 6.91. The zero-order valence-electron chi connectivity index (χ0n) is 9.32. The summed E-state index contributed by atoms with van der Waals surface area (Å²) in [6, 6.07) is 0.176. The molecule has 0 spiro atoms. The van der Waals surface area contributed by atoms with Gasteiger partial charge in [0.2, 0.25) is 5.91 Å². The maximum atomic E-state index is 11.6. The van der Waals surface area contributed by atoms with Crippen LogP contribution in [0.4, 0.5) is 0 Å². The molecule has 1 fully saturated rings. The van der Waals surface area contributed by atoms with Crippen LogP contribution < -0.4 is 5.32 Å². The number of sulfone groups is 1. The van der Waals surface area contributed by atoms with Crippen molar-refractivity contribution in [1.29, 1.82) is 0 Å². The highest BCUT2D eigenvalue weighted by molar-refractivity contribution is 7.92. The van der Waals surface area contributed by atoms with Crippen LogP contribution in [-0.2, 0) is 14.6 Å². The summed E-state index contributed by atoms with van der Waals surface area (Å²) in [5, 5.41) is 1.88. The Balaban J connectivity index is 2.47. The lowest BCUT2D eigenvalue weighted by Crippen LogP contribution is -2.43. The van der Waals surface area contributed by atoms with Gasteiger partial charge in [-0.2, -0.15) is 0 Å². The topological polar surface area (TPSA) is 63.2 Å². The zero-order valence-corrected chi connectivity index (χ0v) is 10.1. The van der Waals surface area contributed by atoms with E-state index in [2.05, 4.69) is 5.32 Å². The van der Waals surface area contributed by atoms with Crippen molar-refractivity contribution in [3.63, 3.8) is 0 Å². The molecule has 5 heteroatoms. The first-order valence-corrected chi connectivity index (χ1v) is 7.36. The largest absolute Gasteiger partial charge is 0.352 e. The van der Waals surface area contributed by atoms with Gasteiger partial charge in [0.05, 0.1) is 0 Å². The zero-order chi connectivity index (χ0) is 11.5. The van der Waals surface area contributed by atoms with Crippen molar-refractivity contribution in [2.45, 2.75) is 50.3 Å². The van der Waals surface area contributed by atoms with Crippen LogP contribution in [0.2, 0.25) is 0 Å². The Bertz CT molecular complexity index is 318. The maximum Gasteiger partial charge on any atom is 0.238 e. The normalized spacial score (nSPS) is 20.9. The summed E-state index contributed by atoms with van der Waals surface area (Å²) in [5.74, 6) is -0.357. The Kier molecular flexibility index (Phi) is 4.13. The summed E-state index contributed by atoms with van der Waals surface area (Å²) in [5.41, 5.74) is 0. The maximum absolute atomic E-state index is 11.6. The van der Waals surface area contributed by atoms with Crippen LogP contribution in [0.15, 0.2) is 0 Å². The van der Waals surface area contributed by atoms with Crippen molar-refractivity contribution in [1.82, 2.24) is 5.32 Å². The monoisotopic (exact) mass is 233 g/mol. The molecule has 0 aromatic carbocycles. The molecule has 0 heterocycles. The minimum atomic E-state index is -3.26. The molecule has 1 N–H and O–H groups in total. The summed E-state index contributed by atoms with van der Waals surface area (Å²) < 4.78 is 22.3.